The molecule has 1 heterocycles. The van der Waals surface area contributed by atoms with Crippen molar-refractivity contribution < 1.29 is 24.2 Å². The van der Waals surface area contributed by atoms with E-state index < -0.39 is 6.04 Å². The summed E-state index contributed by atoms with van der Waals surface area (Å²) >= 11 is 0. The SMILES string of the molecule is CCC(=O)CCC(C(C)=O)N1Cc2cc(CCCOCCO)ccc2C1=O. The van der Waals surface area contributed by atoms with Gasteiger partial charge in [0.25, 0.3) is 5.91 Å². The number of fused-ring (bicyclic) bond motifs is 1. The molecule has 148 valence electrons. The van der Waals surface area contributed by atoms with E-state index in [0.717, 1.165) is 24.0 Å². The smallest absolute Gasteiger partial charge is 0.255 e. The Labute approximate surface area is 160 Å². The van der Waals surface area contributed by atoms with E-state index in [1.807, 2.05) is 18.2 Å². The van der Waals surface area contributed by atoms with Crippen molar-refractivity contribution >= 4 is 17.5 Å². The third-order valence-corrected chi connectivity index (χ3v) is 4.93. The second-order valence-corrected chi connectivity index (χ2v) is 6.92. The zero-order valence-corrected chi connectivity index (χ0v) is 16.2. The number of carbonyl (C=O) groups is 3. The van der Waals surface area contributed by atoms with E-state index in [1.165, 1.54) is 6.92 Å². The Morgan fingerprint density at radius 1 is 1.30 bits per heavy atom. The standard InChI is InChI=1S/C21H29NO5/c1-3-18(25)7-9-20(15(2)24)22-14-17-13-16(5-4-11-27-12-10-23)6-8-19(17)21(22)26/h6,8,13,20,23H,3-5,7,9-12,14H2,1-2H3. The van der Waals surface area contributed by atoms with Crippen LogP contribution in [0.1, 0.15) is 61.0 Å². The Morgan fingerprint density at radius 3 is 2.74 bits per heavy atom. The van der Waals surface area contributed by atoms with Gasteiger partial charge in [0, 0.05) is 31.6 Å². The van der Waals surface area contributed by atoms with Crippen LogP contribution in [-0.2, 0) is 27.3 Å². The summed E-state index contributed by atoms with van der Waals surface area (Å²) in [5.41, 5.74) is 2.70. The van der Waals surface area contributed by atoms with E-state index in [1.54, 1.807) is 11.8 Å². The monoisotopic (exact) mass is 375 g/mol. The lowest BCUT2D eigenvalue weighted by molar-refractivity contribution is -0.122. The molecule has 27 heavy (non-hydrogen) atoms. The maximum absolute atomic E-state index is 12.7. The average molecular weight is 375 g/mol. The molecule has 0 fully saturated rings. The van der Waals surface area contributed by atoms with Crippen molar-refractivity contribution in [3.63, 3.8) is 0 Å². The van der Waals surface area contributed by atoms with Crippen molar-refractivity contribution in [3.8, 4) is 0 Å². The Morgan fingerprint density at radius 2 is 2.07 bits per heavy atom. The van der Waals surface area contributed by atoms with Crippen molar-refractivity contribution in [2.75, 3.05) is 19.8 Å². The van der Waals surface area contributed by atoms with Gasteiger partial charge >= 0.3 is 0 Å². The van der Waals surface area contributed by atoms with Gasteiger partial charge in [0.15, 0.2) is 5.78 Å². The molecule has 1 atom stereocenters. The molecule has 0 aliphatic carbocycles. The first kappa shape index (κ1) is 21.3. The molecule has 1 aliphatic heterocycles. The first-order chi connectivity index (χ1) is 13.0. The summed E-state index contributed by atoms with van der Waals surface area (Å²) < 4.78 is 5.27. The predicted octanol–water partition coefficient (Wildman–Crippen LogP) is 2.30. The maximum Gasteiger partial charge on any atom is 0.255 e. The molecule has 0 radical (unpaired) electrons. The fraction of sp³-hybridized carbons (Fsp3) is 0.571. The minimum absolute atomic E-state index is 0.0258. The number of aryl methyl sites for hydroxylation is 1. The third kappa shape index (κ3) is 5.71. The Balaban J connectivity index is 2.01. The van der Waals surface area contributed by atoms with Gasteiger partial charge in [-0.1, -0.05) is 19.1 Å². The lowest BCUT2D eigenvalue weighted by Gasteiger charge is -2.25. The van der Waals surface area contributed by atoms with Crippen LogP contribution in [0.3, 0.4) is 0 Å². The first-order valence-corrected chi connectivity index (χ1v) is 9.61. The van der Waals surface area contributed by atoms with E-state index in [9.17, 15) is 14.4 Å². The molecular formula is C21H29NO5. The van der Waals surface area contributed by atoms with Gasteiger partial charge in [0.2, 0.25) is 0 Å². The molecule has 0 bridgehead atoms. The number of Topliss-reactive ketones (excluding diaryl/α,β-unsaturated/α-hetero) is 2. The van der Waals surface area contributed by atoms with Crippen molar-refractivity contribution in [1.29, 1.82) is 0 Å². The molecule has 1 N–H and O–H groups in total. The number of hydrogen-bond donors (Lipinski definition) is 1. The largest absolute Gasteiger partial charge is 0.394 e. The van der Waals surface area contributed by atoms with Crippen molar-refractivity contribution in [2.45, 2.75) is 58.5 Å². The Kier molecular flexibility index (Phi) is 8.13. The number of benzene rings is 1. The van der Waals surface area contributed by atoms with Crippen molar-refractivity contribution in [1.82, 2.24) is 4.90 Å². The topological polar surface area (TPSA) is 83.9 Å². The quantitative estimate of drug-likeness (QED) is 0.567. The zero-order chi connectivity index (χ0) is 19.8. The summed E-state index contributed by atoms with van der Waals surface area (Å²) in [6.45, 7) is 4.65. The number of rotatable bonds is 12. The van der Waals surface area contributed by atoms with E-state index in [2.05, 4.69) is 0 Å². The van der Waals surface area contributed by atoms with Gasteiger partial charge in [-0.3, -0.25) is 14.4 Å². The average Bonchev–Trinajstić information content (AvgIpc) is 2.97. The van der Waals surface area contributed by atoms with Crippen LogP contribution in [0.5, 0.6) is 0 Å². The highest BCUT2D eigenvalue weighted by molar-refractivity contribution is 6.01. The molecule has 1 aliphatic rings. The highest BCUT2D eigenvalue weighted by atomic mass is 16.5. The number of hydrogen-bond acceptors (Lipinski definition) is 5. The molecule has 1 unspecified atom stereocenters. The van der Waals surface area contributed by atoms with Crippen LogP contribution in [-0.4, -0.2) is 53.3 Å². The molecule has 1 aromatic rings. The van der Waals surface area contributed by atoms with E-state index in [0.29, 0.717) is 44.6 Å². The number of nitrogens with zero attached hydrogens (tertiary/aromatic N) is 1. The first-order valence-electron chi connectivity index (χ1n) is 9.61. The van der Waals surface area contributed by atoms with E-state index in [-0.39, 0.29) is 24.1 Å². The number of aliphatic hydroxyl groups excluding tert-OH is 1. The summed E-state index contributed by atoms with van der Waals surface area (Å²) in [7, 11) is 0. The van der Waals surface area contributed by atoms with Crippen LogP contribution >= 0.6 is 0 Å². The molecule has 0 saturated carbocycles. The van der Waals surface area contributed by atoms with Crippen LogP contribution < -0.4 is 0 Å². The number of ether oxygens (including phenoxy) is 1. The van der Waals surface area contributed by atoms with Crippen LogP contribution in [0.4, 0.5) is 0 Å². The lowest BCUT2D eigenvalue weighted by Crippen LogP contribution is -2.40. The molecule has 6 heteroatoms. The third-order valence-electron chi connectivity index (χ3n) is 4.93. The Hall–Kier alpha value is -2.05. The molecular weight excluding hydrogens is 346 g/mol. The number of aliphatic hydroxyl groups is 1. The lowest BCUT2D eigenvalue weighted by atomic mass is 10.0. The normalized spacial score (nSPS) is 14.3. The molecule has 2 rings (SSSR count). The number of amides is 1. The van der Waals surface area contributed by atoms with Gasteiger partial charge in [-0.05, 0) is 43.4 Å². The van der Waals surface area contributed by atoms with Gasteiger partial charge in [0.1, 0.15) is 5.78 Å². The van der Waals surface area contributed by atoms with Gasteiger partial charge < -0.3 is 14.7 Å². The fourth-order valence-electron chi connectivity index (χ4n) is 3.40. The van der Waals surface area contributed by atoms with E-state index in [4.69, 9.17) is 9.84 Å². The van der Waals surface area contributed by atoms with Gasteiger partial charge in [-0.2, -0.15) is 0 Å². The van der Waals surface area contributed by atoms with Crippen molar-refractivity contribution in [3.05, 3.63) is 34.9 Å². The molecule has 0 saturated heterocycles. The van der Waals surface area contributed by atoms with Crippen LogP contribution in [0.2, 0.25) is 0 Å². The van der Waals surface area contributed by atoms with Crippen LogP contribution in [0, 0.1) is 0 Å². The summed E-state index contributed by atoms with van der Waals surface area (Å²) in [6, 6.07) is 5.25. The molecule has 0 spiro atoms. The van der Waals surface area contributed by atoms with Crippen LogP contribution in [0.15, 0.2) is 18.2 Å². The minimum Gasteiger partial charge on any atom is -0.394 e. The van der Waals surface area contributed by atoms with Crippen LogP contribution in [0.25, 0.3) is 0 Å². The number of carbonyl (C=O) groups excluding carboxylic acids is 3. The number of ketones is 2. The zero-order valence-electron chi connectivity index (χ0n) is 16.2. The molecule has 1 amide bonds. The highest BCUT2D eigenvalue weighted by Crippen LogP contribution is 2.28. The highest BCUT2D eigenvalue weighted by Gasteiger charge is 2.34. The maximum atomic E-state index is 12.7. The fourth-order valence-corrected chi connectivity index (χ4v) is 3.40. The molecule has 6 nitrogen and oxygen atoms in total. The summed E-state index contributed by atoms with van der Waals surface area (Å²) in [6.07, 6.45) is 2.82. The van der Waals surface area contributed by atoms with E-state index >= 15 is 0 Å². The summed E-state index contributed by atoms with van der Waals surface area (Å²) in [5.74, 6) is -0.107. The Bertz CT molecular complexity index is 685. The van der Waals surface area contributed by atoms with Crippen molar-refractivity contribution in [2.24, 2.45) is 0 Å². The minimum atomic E-state index is -0.546. The van der Waals surface area contributed by atoms with Gasteiger partial charge in [0.05, 0.1) is 19.3 Å². The summed E-state index contributed by atoms with van der Waals surface area (Å²) in [5, 5.41) is 8.70. The van der Waals surface area contributed by atoms with Gasteiger partial charge in [-0.15, -0.1) is 0 Å². The predicted molar refractivity (Wildman–Crippen MR) is 102 cm³/mol. The second kappa shape index (κ2) is 10.3. The molecule has 0 aromatic heterocycles. The summed E-state index contributed by atoms with van der Waals surface area (Å²) in [4.78, 5) is 38.1. The molecule has 1 aromatic carbocycles. The van der Waals surface area contributed by atoms with Gasteiger partial charge in [-0.25, -0.2) is 0 Å². The second-order valence-electron chi connectivity index (χ2n) is 6.92.